The Kier molecular flexibility index (Phi) is 5.22. The summed E-state index contributed by atoms with van der Waals surface area (Å²) in [4.78, 5) is 2.62. The molecule has 3 aromatic rings. The maximum atomic E-state index is 4.04. The number of piperidine rings is 1. The Bertz CT molecular complexity index is 906. The average Bonchev–Trinajstić information content (AvgIpc) is 2.99. The zero-order valence-electron chi connectivity index (χ0n) is 17.2. The minimum atomic E-state index is 0.244. The van der Waals surface area contributed by atoms with Crippen molar-refractivity contribution in [3.63, 3.8) is 0 Å². The van der Waals surface area contributed by atoms with Gasteiger partial charge in [0.05, 0.1) is 6.04 Å². The summed E-state index contributed by atoms with van der Waals surface area (Å²) < 4.78 is 0. The van der Waals surface area contributed by atoms with Gasteiger partial charge in [-0.2, -0.15) is 0 Å². The normalized spacial score (nSPS) is 25.1. The van der Waals surface area contributed by atoms with Gasteiger partial charge < -0.3 is 10.2 Å². The molecule has 2 nitrogen and oxygen atoms in total. The van der Waals surface area contributed by atoms with E-state index in [1.807, 2.05) is 0 Å². The van der Waals surface area contributed by atoms with E-state index >= 15 is 0 Å². The Labute approximate surface area is 174 Å². The first-order valence-electron chi connectivity index (χ1n) is 11.0. The average molecular weight is 383 g/mol. The molecule has 2 aliphatic rings. The highest BCUT2D eigenvalue weighted by Gasteiger charge is 2.39. The second-order valence-electron chi connectivity index (χ2n) is 8.72. The van der Waals surface area contributed by atoms with Gasteiger partial charge in [0.2, 0.25) is 0 Å². The van der Waals surface area contributed by atoms with Crippen LogP contribution in [0.25, 0.3) is 11.1 Å². The van der Waals surface area contributed by atoms with E-state index in [0.717, 1.165) is 12.1 Å². The minimum absolute atomic E-state index is 0.244. The fourth-order valence-electron chi connectivity index (χ4n) is 5.31. The summed E-state index contributed by atoms with van der Waals surface area (Å²) >= 11 is 0. The lowest BCUT2D eigenvalue weighted by Gasteiger charge is -2.38. The highest BCUT2D eigenvalue weighted by Crippen LogP contribution is 2.36. The first-order chi connectivity index (χ1) is 14.3. The number of rotatable bonds is 5. The predicted octanol–water partition coefficient (Wildman–Crippen LogP) is 5.66. The summed E-state index contributed by atoms with van der Waals surface area (Å²) in [6, 6.07) is 33.0. The molecule has 0 spiro atoms. The number of nitrogens with zero attached hydrogens (tertiary/aromatic N) is 1. The number of hydrogen-bond donors (Lipinski definition) is 1. The molecule has 2 unspecified atom stereocenters. The summed E-state index contributed by atoms with van der Waals surface area (Å²) in [5.41, 5.74) is 5.25. The molecule has 4 atom stereocenters. The fraction of sp³-hybridized carbons (Fsp3) is 0.333. The quantitative estimate of drug-likeness (QED) is 0.613. The molecule has 0 saturated carbocycles. The van der Waals surface area contributed by atoms with Crippen LogP contribution in [0.4, 0.5) is 0 Å². The molecule has 2 fully saturated rings. The monoisotopic (exact) mass is 382 g/mol. The van der Waals surface area contributed by atoms with Crippen molar-refractivity contribution in [1.29, 1.82) is 0 Å². The van der Waals surface area contributed by atoms with Crippen LogP contribution in [0.3, 0.4) is 0 Å². The third-order valence-electron chi connectivity index (χ3n) is 6.98. The van der Waals surface area contributed by atoms with Crippen molar-refractivity contribution in [2.75, 3.05) is 7.05 Å². The van der Waals surface area contributed by atoms with Gasteiger partial charge in [0.25, 0.3) is 0 Å². The molecule has 2 saturated heterocycles. The van der Waals surface area contributed by atoms with Crippen molar-refractivity contribution in [2.45, 2.75) is 49.9 Å². The molecule has 5 rings (SSSR count). The van der Waals surface area contributed by atoms with Gasteiger partial charge in [-0.3, -0.25) is 0 Å². The highest BCUT2D eigenvalue weighted by molar-refractivity contribution is 5.63. The van der Waals surface area contributed by atoms with E-state index < -0.39 is 0 Å². The summed E-state index contributed by atoms with van der Waals surface area (Å²) in [7, 11) is 2.32. The maximum absolute atomic E-state index is 4.04. The molecular formula is C27H30N2. The predicted molar refractivity (Wildman–Crippen MR) is 121 cm³/mol. The summed E-state index contributed by atoms with van der Waals surface area (Å²) in [6.07, 6.45) is 5.25. The smallest absolute Gasteiger partial charge is 0.0578 e. The van der Waals surface area contributed by atoms with Crippen LogP contribution in [-0.4, -0.2) is 30.1 Å². The highest BCUT2D eigenvalue weighted by atomic mass is 15.2. The van der Waals surface area contributed by atoms with Crippen molar-refractivity contribution in [3.05, 3.63) is 96.1 Å². The van der Waals surface area contributed by atoms with Crippen LogP contribution >= 0.6 is 0 Å². The van der Waals surface area contributed by atoms with Crippen LogP contribution in [0.15, 0.2) is 84.9 Å². The lowest BCUT2D eigenvalue weighted by atomic mass is 9.92. The largest absolute Gasteiger partial charge is 0.303 e. The van der Waals surface area contributed by atoms with Gasteiger partial charge in [0, 0.05) is 18.1 Å². The summed E-state index contributed by atoms with van der Waals surface area (Å²) in [5, 5.41) is 4.04. The molecule has 2 heteroatoms. The SMILES string of the molecule is CN1[C@@H]2CC[C@H]1CC(NC(c1ccccc1)c1ccc(-c3ccccc3)cc1)C2. The Morgan fingerprint density at radius 1 is 0.690 bits per heavy atom. The standard InChI is InChI=1S/C27H30N2/c1-29-25-16-17-26(29)19-24(18-25)28-27(22-10-6-3-7-11-22)23-14-12-21(13-15-23)20-8-4-2-5-9-20/h2-15,24-28H,16-19H2,1H3/t24?,25-,26+,27?. The van der Waals surface area contributed by atoms with E-state index in [4.69, 9.17) is 0 Å². The van der Waals surface area contributed by atoms with Crippen molar-refractivity contribution < 1.29 is 0 Å². The molecule has 3 aromatic carbocycles. The van der Waals surface area contributed by atoms with Crippen molar-refractivity contribution in [2.24, 2.45) is 0 Å². The van der Waals surface area contributed by atoms with Gasteiger partial charge in [-0.05, 0) is 55.0 Å². The van der Waals surface area contributed by atoms with Gasteiger partial charge in [-0.15, -0.1) is 0 Å². The first kappa shape index (κ1) is 18.6. The van der Waals surface area contributed by atoms with Crippen LogP contribution in [-0.2, 0) is 0 Å². The third kappa shape index (κ3) is 3.88. The molecule has 2 bridgehead atoms. The molecule has 0 aromatic heterocycles. The molecule has 0 amide bonds. The maximum Gasteiger partial charge on any atom is 0.0578 e. The van der Waals surface area contributed by atoms with Gasteiger partial charge in [-0.25, -0.2) is 0 Å². The number of benzene rings is 3. The summed E-state index contributed by atoms with van der Waals surface area (Å²) in [6.45, 7) is 0. The number of nitrogens with one attached hydrogen (secondary N) is 1. The molecule has 1 N–H and O–H groups in total. The van der Waals surface area contributed by atoms with Crippen molar-refractivity contribution in [1.82, 2.24) is 10.2 Å². The molecular weight excluding hydrogens is 352 g/mol. The first-order valence-corrected chi connectivity index (χ1v) is 11.0. The van der Waals surface area contributed by atoms with Crippen molar-refractivity contribution >= 4 is 0 Å². The van der Waals surface area contributed by atoms with E-state index in [1.165, 1.54) is 47.9 Å². The van der Waals surface area contributed by atoms with E-state index in [-0.39, 0.29) is 6.04 Å². The Morgan fingerprint density at radius 2 is 1.21 bits per heavy atom. The molecule has 148 valence electrons. The third-order valence-corrected chi connectivity index (χ3v) is 6.98. The fourth-order valence-corrected chi connectivity index (χ4v) is 5.31. The lowest BCUT2D eigenvalue weighted by Crippen LogP contribution is -2.48. The van der Waals surface area contributed by atoms with E-state index in [2.05, 4.69) is 102 Å². The number of fused-ring (bicyclic) bond motifs is 2. The van der Waals surface area contributed by atoms with Gasteiger partial charge in [0.15, 0.2) is 0 Å². The Balaban J connectivity index is 1.41. The zero-order valence-corrected chi connectivity index (χ0v) is 17.2. The van der Waals surface area contributed by atoms with Crippen molar-refractivity contribution in [3.8, 4) is 11.1 Å². The minimum Gasteiger partial charge on any atom is -0.303 e. The van der Waals surface area contributed by atoms with Crippen LogP contribution in [0.2, 0.25) is 0 Å². The Hall–Kier alpha value is -2.42. The van der Waals surface area contributed by atoms with Crippen LogP contribution in [0.5, 0.6) is 0 Å². The number of hydrogen-bond acceptors (Lipinski definition) is 2. The molecule has 29 heavy (non-hydrogen) atoms. The topological polar surface area (TPSA) is 15.3 Å². The second kappa shape index (κ2) is 8.14. The van der Waals surface area contributed by atoms with Gasteiger partial charge >= 0.3 is 0 Å². The Morgan fingerprint density at radius 3 is 1.83 bits per heavy atom. The van der Waals surface area contributed by atoms with Crippen LogP contribution in [0, 0.1) is 0 Å². The lowest BCUT2D eigenvalue weighted by molar-refractivity contribution is 0.145. The summed E-state index contributed by atoms with van der Waals surface area (Å²) in [5.74, 6) is 0. The zero-order chi connectivity index (χ0) is 19.6. The second-order valence-corrected chi connectivity index (χ2v) is 8.72. The molecule has 2 aliphatic heterocycles. The van der Waals surface area contributed by atoms with Gasteiger partial charge in [-0.1, -0.05) is 84.9 Å². The van der Waals surface area contributed by atoms with E-state index in [9.17, 15) is 0 Å². The molecule has 0 aliphatic carbocycles. The van der Waals surface area contributed by atoms with E-state index in [0.29, 0.717) is 6.04 Å². The van der Waals surface area contributed by atoms with Crippen LogP contribution < -0.4 is 5.32 Å². The molecule has 0 radical (unpaired) electrons. The molecule has 2 heterocycles. The van der Waals surface area contributed by atoms with Crippen LogP contribution in [0.1, 0.15) is 42.9 Å². The van der Waals surface area contributed by atoms with E-state index in [1.54, 1.807) is 0 Å². The van der Waals surface area contributed by atoms with Gasteiger partial charge in [0.1, 0.15) is 0 Å².